The van der Waals surface area contributed by atoms with Crippen molar-refractivity contribution in [1.29, 1.82) is 0 Å². The van der Waals surface area contributed by atoms with Crippen molar-refractivity contribution in [3.8, 4) is 11.5 Å². The Hall–Kier alpha value is -2.65. The lowest BCUT2D eigenvalue weighted by molar-refractivity contribution is 0.0628. The van der Waals surface area contributed by atoms with E-state index in [9.17, 15) is 22.2 Å². The largest absolute Gasteiger partial charge is 0.508 e. The minimum Gasteiger partial charge on any atom is -0.508 e. The van der Waals surface area contributed by atoms with Gasteiger partial charge in [0.05, 0.1) is 0 Å². The van der Waals surface area contributed by atoms with Crippen LogP contribution in [0, 0.1) is 0 Å². The highest BCUT2D eigenvalue weighted by atomic mass is 32.3. The van der Waals surface area contributed by atoms with Gasteiger partial charge in [-0.1, -0.05) is 16.0 Å². The number of phenolic OH excluding ortho intramolecular Hbond substituents is 1. The molecular formula is C18H19FN2O5S. The average molecular weight is 394 g/mol. The Morgan fingerprint density at radius 2 is 1.59 bits per heavy atom. The highest BCUT2D eigenvalue weighted by molar-refractivity contribution is 7.81. The van der Waals surface area contributed by atoms with E-state index in [1.54, 1.807) is 29.2 Å². The molecule has 1 N–H and O–H groups in total. The van der Waals surface area contributed by atoms with Gasteiger partial charge in [-0.25, -0.2) is 0 Å². The maximum absolute atomic E-state index is 12.5. The van der Waals surface area contributed by atoms with Crippen molar-refractivity contribution in [2.24, 2.45) is 0 Å². The minimum atomic E-state index is -5.02. The van der Waals surface area contributed by atoms with Crippen molar-refractivity contribution in [1.82, 2.24) is 9.80 Å². The molecule has 1 heterocycles. The highest BCUT2D eigenvalue weighted by Crippen LogP contribution is 2.18. The lowest BCUT2D eigenvalue weighted by Gasteiger charge is -2.34. The van der Waals surface area contributed by atoms with E-state index >= 15 is 0 Å². The first kappa shape index (κ1) is 19.1. The first-order valence-electron chi connectivity index (χ1n) is 8.34. The Morgan fingerprint density at radius 1 is 1.00 bits per heavy atom. The van der Waals surface area contributed by atoms with Crippen LogP contribution in [0.4, 0.5) is 3.89 Å². The molecule has 0 saturated carbocycles. The maximum Gasteiger partial charge on any atom is 0.488 e. The van der Waals surface area contributed by atoms with Gasteiger partial charge in [-0.05, 0) is 42.0 Å². The Bertz CT molecular complexity index is 892. The zero-order chi connectivity index (χ0) is 19.4. The molecule has 0 bridgehead atoms. The number of amides is 1. The zero-order valence-corrected chi connectivity index (χ0v) is 15.2. The Morgan fingerprint density at radius 3 is 2.15 bits per heavy atom. The van der Waals surface area contributed by atoms with Crippen LogP contribution in [-0.2, 0) is 17.0 Å². The summed E-state index contributed by atoms with van der Waals surface area (Å²) in [5.74, 6) is -0.0222. The predicted octanol–water partition coefficient (Wildman–Crippen LogP) is 1.94. The molecule has 1 amide bonds. The van der Waals surface area contributed by atoms with Gasteiger partial charge in [0.25, 0.3) is 5.91 Å². The van der Waals surface area contributed by atoms with Gasteiger partial charge in [-0.15, -0.1) is 0 Å². The van der Waals surface area contributed by atoms with Gasteiger partial charge >= 0.3 is 10.5 Å². The van der Waals surface area contributed by atoms with Gasteiger partial charge in [0.2, 0.25) is 0 Å². The third-order valence-corrected chi connectivity index (χ3v) is 4.69. The van der Waals surface area contributed by atoms with Crippen LogP contribution in [0.15, 0.2) is 48.5 Å². The molecule has 0 atom stereocenters. The van der Waals surface area contributed by atoms with Crippen molar-refractivity contribution >= 4 is 16.4 Å². The van der Waals surface area contributed by atoms with Crippen molar-refractivity contribution in [2.45, 2.75) is 6.54 Å². The third kappa shape index (κ3) is 5.41. The second-order valence-electron chi connectivity index (χ2n) is 6.24. The van der Waals surface area contributed by atoms with Crippen molar-refractivity contribution in [2.75, 3.05) is 26.2 Å². The number of aromatic hydroxyl groups is 1. The zero-order valence-electron chi connectivity index (χ0n) is 14.4. The van der Waals surface area contributed by atoms with Crippen molar-refractivity contribution in [3.63, 3.8) is 0 Å². The summed E-state index contributed by atoms with van der Waals surface area (Å²) in [5.41, 5.74) is 1.47. The number of halogens is 1. The van der Waals surface area contributed by atoms with Crippen LogP contribution in [0.3, 0.4) is 0 Å². The summed E-state index contributed by atoms with van der Waals surface area (Å²) in [6.45, 7) is 3.19. The number of piperazine rings is 1. The Balaban J connectivity index is 1.52. The predicted molar refractivity (Wildman–Crippen MR) is 96.4 cm³/mol. The van der Waals surface area contributed by atoms with Crippen LogP contribution in [0.2, 0.25) is 0 Å². The molecule has 0 unspecified atom stereocenters. The molecule has 7 nitrogen and oxygen atoms in total. The summed E-state index contributed by atoms with van der Waals surface area (Å²) in [6, 6.07) is 12.3. The molecule has 144 valence electrons. The van der Waals surface area contributed by atoms with Crippen molar-refractivity contribution < 1.29 is 26.4 Å². The van der Waals surface area contributed by atoms with Gasteiger partial charge in [0.1, 0.15) is 11.5 Å². The lowest BCUT2D eigenvalue weighted by atomic mass is 10.1. The average Bonchev–Trinajstić information content (AvgIpc) is 2.63. The fraction of sp³-hybridized carbons (Fsp3) is 0.278. The van der Waals surface area contributed by atoms with E-state index in [1.807, 2.05) is 0 Å². The van der Waals surface area contributed by atoms with Crippen LogP contribution in [0.5, 0.6) is 11.5 Å². The summed E-state index contributed by atoms with van der Waals surface area (Å²) >= 11 is 0. The van der Waals surface area contributed by atoms with Crippen LogP contribution < -0.4 is 4.18 Å². The number of hydrogen-bond acceptors (Lipinski definition) is 6. The number of phenols is 1. The molecule has 1 fully saturated rings. The number of carbonyl (C=O) groups excluding carboxylic acids is 1. The molecule has 1 aliphatic heterocycles. The summed E-state index contributed by atoms with van der Waals surface area (Å²) in [5, 5.41) is 9.31. The molecular weight excluding hydrogens is 375 g/mol. The summed E-state index contributed by atoms with van der Waals surface area (Å²) in [6.07, 6.45) is 0. The molecule has 3 rings (SSSR count). The van der Waals surface area contributed by atoms with Crippen LogP contribution in [0.1, 0.15) is 15.9 Å². The summed E-state index contributed by atoms with van der Waals surface area (Å²) < 4.78 is 37.6. The Labute approximate surface area is 157 Å². The van der Waals surface area contributed by atoms with E-state index in [4.69, 9.17) is 0 Å². The SMILES string of the molecule is O=C(c1ccc(O)cc1)N1CCN(Cc2ccc(OS(=O)(=O)F)cc2)CC1. The molecule has 27 heavy (non-hydrogen) atoms. The van der Waals surface area contributed by atoms with E-state index in [1.165, 1.54) is 24.3 Å². The number of hydrogen-bond donors (Lipinski definition) is 1. The highest BCUT2D eigenvalue weighted by Gasteiger charge is 2.22. The van der Waals surface area contributed by atoms with Crippen molar-refractivity contribution in [3.05, 3.63) is 59.7 Å². The number of nitrogens with zero attached hydrogens (tertiary/aromatic N) is 2. The molecule has 0 aliphatic carbocycles. The molecule has 1 saturated heterocycles. The maximum atomic E-state index is 12.5. The molecule has 2 aromatic carbocycles. The summed E-state index contributed by atoms with van der Waals surface area (Å²) in [7, 11) is -5.02. The van der Waals surface area contributed by atoms with E-state index in [0.717, 1.165) is 5.56 Å². The first-order chi connectivity index (χ1) is 12.8. The molecule has 0 spiro atoms. The van der Waals surface area contributed by atoms with Crippen LogP contribution >= 0.6 is 0 Å². The fourth-order valence-corrected chi connectivity index (χ4v) is 3.26. The smallest absolute Gasteiger partial charge is 0.488 e. The van der Waals surface area contributed by atoms with E-state index in [2.05, 4.69) is 9.08 Å². The number of benzene rings is 2. The fourth-order valence-electron chi connectivity index (χ4n) is 2.92. The molecule has 1 aliphatic rings. The monoisotopic (exact) mass is 394 g/mol. The van der Waals surface area contributed by atoms with E-state index < -0.39 is 10.5 Å². The van der Waals surface area contributed by atoms with Gasteiger partial charge in [-0.2, -0.15) is 8.42 Å². The standard InChI is InChI=1S/C18H19FN2O5S/c19-27(24,25)26-17-7-1-14(2-8-17)13-20-9-11-21(12-10-20)18(23)15-3-5-16(22)6-4-15/h1-8,22H,9-13H2. The first-order valence-corrected chi connectivity index (χ1v) is 9.65. The van der Waals surface area contributed by atoms with E-state index in [0.29, 0.717) is 38.3 Å². The van der Waals surface area contributed by atoms with E-state index in [-0.39, 0.29) is 17.4 Å². The second-order valence-corrected chi connectivity index (χ2v) is 7.19. The Kier molecular flexibility index (Phi) is 5.62. The normalized spacial score (nSPS) is 15.5. The number of carbonyl (C=O) groups is 1. The molecule has 0 radical (unpaired) electrons. The van der Waals surface area contributed by atoms with Gasteiger partial charge in [0.15, 0.2) is 0 Å². The third-order valence-electron chi connectivity index (χ3n) is 4.30. The summed E-state index contributed by atoms with van der Waals surface area (Å²) in [4.78, 5) is 16.4. The molecule has 2 aromatic rings. The van der Waals surface area contributed by atoms with Crippen LogP contribution in [0.25, 0.3) is 0 Å². The minimum absolute atomic E-state index is 0.0661. The van der Waals surface area contributed by atoms with Gasteiger partial charge < -0.3 is 14.2 Å². The second kappa shape index (κ2) is 7.93. The topological polar surface area (TPSA) is 87.2 Å². The van der Waals surface area contributed by atoms with Gasteiger partial charge in [-0.3, -0.25) is 9.69 Å². The molecule has 0 aromatic heterocycles. The van der Waals surface area contributed by atoms with Gasteiger partial charge in [0, 0.05) is 38.3 Å². The number of rotatable bonds is 5. The van der Waals surface area contributed by atoms with Crippen LogP contribution in [-0.4, -0.2) is 55.4 Å². The quantitative estimate of drug-likeness (QED) is 0.780. The molecule has 9 heteroatoms. The lowest BCUT2D eigenvalue weighted by Crippen LogP contribution is -2.48.